The molecule has 0 amide bonds. The Labute approximate surface area is 67.0 Å². The van der Waals surface area contributed by atoms with Gasteiger partial charge >= 0.3 is 0 Å². The molecule has 1 saturated heterocycles. The molecule has 1 saturated carbocycles. The molecule has 10 heavy (non-hydrogen) atoms. The van der Waals surface area contributed by atoms with E-state index < -0.39 is 0 Å². The molecular formula is C8H15NS. The van der Waals surface area contributed by atoms with Crippen LogP contribution in [0.1, 0.15) is 25.7 Å². The molecule has 0 unspecified atom stereocenters. The van der Waals surface area contributed by atoms with Crippen LogP contribution in [0.5, 0.6) is 0 Å². The second kappa shape index (κ2) is 2.74. The van der Waals surface area contributed by atoms with Gasteiger partial charge in [-0.3, -0.25) is 0 Å². The van der Waals surface area contributed by atoms with E-state index in [9.17, 15) is 0 Å². The minimum Gasteiger partial charge on any atom is -0.315 e. The smallest absolute Gasteiger partial charge is 0.0284 e. The van der Waals surface area contributed by atoms with E-state index in [4.69, 9.17) is 0 Å². The first-order chi connectivity index (χ1) is 4.91. The molecule has 1 heterocycles. The van der Waals surface area contributed by atoms with E-state index >= 15 is 0 Å². The normalized spacial score (nSPS) is 31.2. The lowest BCUT2D eigenvalue weighted by atomic mass is 9.84. The van der Waals surface area contributed by atoms with Gasteiger partial charge in [0, 0.05) is 11.3 Å². The number of rotatable bonds is 0. The molecule has 0 aromatic rings. The fourth-order valence-electron chi connectivity index (χ4n) is 1.75. The van der Waals surface area contributed by atoms with Gasteiger partial charge in [-0.05, 0) is 31.6 Å². The minimum absolute atomic E-state index is 0.691. The zero-order valence-corrected chi connectivity index (χ0v) is 7.17. The highest BCUT2D eigenvalue weighted by molar-refractivity contribution is 8.00. The van der Waals surface area contributed by atoms with Crippen molar-refractivity contribution < 1.29 is 0 Å². The van der Waals surface area contributed by atoms with E-state index in [0.29, 0.717) is 4.75 Å². The molecule has 0 aromatic heterocycles. The van der Waals surface area contributed by atoms with Crippen LogP contribution in [0.25, 0.3) is 0 Å². The van der Waals surface area contributed by atoms with Crippen LogP contribution < -0.4 is 5.32 Å². The second-order valence-corrected chi connectivity index (χ2v) is 4.98. The molecule has 1 N–H and O–H groups in total. The van der Waals surface area contributed by atoms with Crippen molar-refractivity contribution in [1.82, 2.24) is 5.32 Å². The van der Waals surface area contributed by atoms with Crippen molar-refractivity contribution in [3.05, 3.63) is 0 Å². The fraction of sp³-hybridized carbons (Fsp3) is 1.00. The van der Waals surface area contributed by atoms with Gasteiger partial charge in [0.25, 0.3) is 0 Å². The lowest BCUT2D eigenvalue weighted by molar-refractivity contribution is 0.351. The van der Waals surface area contributed by atoms with Gasteiger partial charge in [-0.15, -0.1) is 0 Å². The van der Waals surface area contributed by atoms with E-state index in [0.717, 1.165) is 0 Å². The first kappa shape index (κ1) is 6.99. The van der Waals surface area contributed by atoms with Crippen molar-refractivity contribution in [2.45, 2.75) is 30.4 Å². The maximum absolute atomic E-state index is 3.52. The lowest BCUT2D eigenvalue weighted by Crippen LogP contribution is -2.42. The van der Waals surface area contributed by atoms with Crippen molar-refractivity contribution in [2.75, 3.05) is 18.8 Å². The molecule has 0 aromatic carbocycles. The molecule has 2 fully saturated rings. The molecule has 1 spiro atoms. The second-order valence-electron chi connectivity index (χ2n) is 3.42. The molecule has 1 aliphatic carbocycles. The minimum atomic E-state index is 0.691. The quantitative estimate of drug-likeness (QED) is 0.573. The molecule has 58 valence electrons. The topological polar surface area (TPSA) is 12.0 Å². The van der Waals surface area contributed by atoms with Gasteiger partial charge in [-0.2, -0.15) is 11.8 Å². The van der Waals surface area contributed by atoms with Crippen molar-refractivity contribution in [3.63, 3.8) is 0 Å². The highest BCUT2D eigenvalue weighted by Crippen LogP contribution is 2.44. The zero-order chi connectivity index (χ0) is 6.86. The van der Waals surface area contributed by atoms with E-state index in [1.54, 1.807) is 0 Å². The summed E-state index contributed by atoms with van der Waals surface area (Å²) in [4.78, 5) is 0. The third-order valence-corrected chi connectivity index (χ3v) is 4.28. The standard InChI is InChI=1S/C8H15NS/c1-3-8(4-1)7-9-5-2-6-10-8/h9H,1-7H2. The molecule has 2 rings (SSSR count). The summed E-state index contributed by atoms with van der Waals surface area (Å²) in [6, 6.07) is 0. The Kier molecular flexibility index (Phi) is 1.92. The van der Waals surface area contributed by atoms with Crippen LogP contribution in [0, 0.1) is 0 Å². The Morgan fingerprint density at radius 2 is 2.10 bits per heavy atom. The number of nitrogens with one attached hydrogen (secondary N) is 1. The number of hydrogen-bond acceptors (Lipinski definition) is 2. The van der Waals surface area contributed by atoms with Gasteiger partial charge in [0.1, 0.15) is 0 Å². The van der Waals surface area contributed by atoms with Crippen molar-refractivity contribution in [1.29, 1.82) is 0 Å². The molecule has 1 nitrogen and oxygen atoms in total. The first-order valence-corrected chi connectivity index (χ1v) is 5.25. The van der Waals surface area contributed by atoms with Gasteiger partial charge < -0.3 is 5.32 Å². The van der Waals surface area contributed by atoms with Crippen LogP contribution >= 0.6 is 11.8 Å². The van der Waals surface area contributed by atoms with Crippen LogP contribution in [-0.2, 0) is 0 Å². The third kappa shape index (κ3) is 1.19. The average Bonchev–Trinajstić information content (AvgIpc) is 2.08. The average molecular weight is 157 g/mol. The molecular weight excluding hydrogens is 142 g/mol. The Hall–Kier alpha value is 0.310. The largest absolute Gasteiger partial charge is 0.315 e. The van der Waals surface area contributed by atoms with Crippen molar-refractivity contribution in [3.8, 4) is 0 Å². The Bertz CT molecular complexity index is 110. The van der Waals surface area contributed by atoms with Gasteiger partial charge in [0.2, 0.25) is 0 Å². The Morgan fingerprint density at radius 3 is 2.80 bits per heavy atom. The van der Waals surface area contributed by atoms with E-state index in [1.807, 2.05) is 0 Å². The monoisotopic (exact) mass is 157 g/mol. The summed E-state index contributed by atoms with van der Waals surface area (Å²) in [6.07, 6.45) is 5.76. The lowest BCUT2D eigenvalue weighted by Gasteiger charge is -2.40. The molecule has 0 radical (unpaired) electrons. The van der Waals surface area contributed by atoms with Crippen LogP contribution in [0.15, 0.2) is 0 Å². The number of hydrogen-bond donors (Lipinski definition) is 1. The molecule has 1 aliphatic heterocycles. The molecule has 0 atom stereocenters. The van der Waals surface area contributed by atoms with E-state index in [2.05, 4.69) is 17.1 Å². The molecule has 2 aliphatic rings. The van der Waals surface area contributed by atoms with E-state index in [1.165, 1.54) is 44.5 Å². The zero-order valence-electron chi connectivity index (χ0n) is 6.36. The highest BCUT2D eigenvalue weighted by atomic mass is 32.2. The summed E-state index contributed by atoms with van der Waals surface area (Å²) in [5.74, 6) is 1.38. The molecule has 0 bridgehead atoms. The van der Waals surface area contributed by atoms with Gasteiger partial charge in [-0.1, -0.05) is 6.42 Å². The van der Waals surface area contributed by atoms with Crippen LogP contribution in [0.2, 0.25) is 0 Å². The first-order valence-electron chi connectivity index (χ1n) is 4.26. The summed E-state index contributed by atoms with van der Waals surface area (Å²) in [5, 5.41) is 3.52. The maximum Gasteiger partial charge on any atom is 0.0284 e. The highest BCUT2D eigenvalue weighted by Gasteiger charge is 2.37. The predicted molar refractivity (Wildman–Crippen MR) is 46.5 cm³/mol. The third-order valence-electron chi connectivity index (χ3n) is 2.62. The summed E-state index contributed by atoms with van der Waals surface area (Å²) in [7, 11) is 0. The van der Waals surface area contributed by atoms with Gasteiger partial charge in [-0.25, -0.2) is 0 Å². The summed E-state index contributed by atoms with van der Waals surface area (Å²) >= 11 is 2.21. The van der Waals surface area contributed by atoms with Crippen molar-refractivity contribution in [2.24, 2.45) is 0 Å². The summed E-state index contributed by atoms with van der Waals surface area (Å²) in [6.45, 7) is 2.52. The number of thioether (sulfide) groups is 1. The van der Waals surface area contributed by atoms with Crippen molar-refractivity contribution >= 4 is 11.8 Å². The summed E-state index contributed by atoms with van der Waals surface area (Å²) < 4.78 is 0.691. The molecule has 2 heteroatoms. The SMILES string of the molecule is C1CNCC2(CCC2)SC1. The summed E-state index contributed by atoms with van der Waals surface area (Å²) in [5.41, 5.74) is 0. The van der Waals surface area contributed by atoms with Crippen LogP contribution in [0.3, 0.4) is 0 Å². The predicted octanol–water partition coefficient (Wildman–Crippen LogP) is 1.64. The van der Waals surface area contributed by atoms with Crippen LogP contribution in [0.4, 0.5) is 0 Å². The van der Waals surface area contributed by atoms with Crippen LogP contribution in [-0.4, -0.2) is 23.6 Å². The van der Waals surface area contributed by atoms with Gasteiger partial charge in [0.05, 0.1) is 0 Å². The Balaban J connectivity index is 1.92. The van der Waals surface area contributed by atoms with Gasteiger partial charge in [0.15, 0.2) is 0 Å². The van der Waals surface area contributed by atoms with E-state index in [-0.39, 0.29) is 0 Å². The maximum atomic E-state index is 3.52. The fourth-order valence-corrected chi connectivity index (χ4v) is 3.25. The Morgan fingerprint density at radius 1 is 1.20 bits per heavy atom.